The molecule has 0 spiro atoms. The molecule has 0 aromatic rings. The van der Waals surface area contributed by atoms with E-state index in [1.165, 1.54) is 6.92 Å². The third-order valence-corrected chi connectivity index (χ3v) is 3.53. The lowest BCUT2D eigenvalue weighted by atomic mass is 9.89. The van der Waals surface area contributed by atoms with Crippen molar-refractivity contribution in [1.82, 2.24) is 5.32 Å². The van der Waals surface area contributed by atoms with Gasteiger partial charge in [-0.05, 0) is 6.42 Å². The summed E-state index contributed by atoms with van der Waals surface area (Å²) in [5.41, 5.74) is 3.41. The molecular formula is C12H22N2O7. The molecule has 0 saturated carbocycles. The largest absolute Gasteiger partial charge is 0.544 e. The van der Waals surface area contributed by atoms with Gasteiger partial charge >= 0.3 is 0 Å². The summed E-state index contributed by atoms with van der Waals surface area (Å²) < 4.78 is 5.45. The Morgan fingerprint density at radius 3 is 2.43 bits per heavy atom. The summed E-state index contributed by atoms with van der Waals surface area (Å²) in [4.78, 5) is 21.8. The molecule has 0 aromatic carbocycles. The van der Waals surface area contributed by atoms with Crippen LogP contribution in [0.5, 0.6) is 0 Å². The number of aliphatic carboxylic acids is 1. The Morgan fingerprint density at radius 2 is 1.95 bits per heavy atom. The van der Waals surface area contributed by atoms with Gasteiger partial charge in [0.25, 0.3) is 0 Å². The molecule has 6 atom stereocenters. The van der Waals surface area contributed by atoms with Crippen LogP contribution >= 0.6 is 0 Å². The third kappa shape index (κ3) is 4.61. The Hall–Kier alpha value is -1.26. The Labute approximate surface area is 121 Å². The van der Waals surface area contributed by atoms with Crippen molar-refractivity contribution in [2.45, 2.75) is 56.3 Å². The zero-order chi connectivity index (χ0) is 16.2. The van der Waals surface area contributed by atoms with E-state index in [0.717, 1.165) is 0 Å². The molecule has 0 aliphatic carbocycles. The maximum Gasteiger partial charge on any atom is 0.217 e. The van der Waals surface area contributed by atoms with E-state index in [1.807, 2.05) is 0 Å². The lowest BCUT2D eigenvalue weighted by Crippen LogP contribution is -2.69. The van der Waals surface area contributed by atoms with Crippen LogP contribution in [0.2, 0.25) is 0 Å². The van der Waals surface area contributed by atoms with E-state index in [9.17, 15) is 24.9 Å². The van der Waals surface area contributed by atoms with E-state index in [4.69, 9.17) is 9.84 Å². The van der Waals surface area contributed by atoms with E-state index < -0.39 is 55.0 Å². The van der Waals surface area contributed by atoms with Crippen LogP contribution in [0.15, 0.2) is 0 Å². The van der Waals surface area contributed by atoms with Crippen LogP contribution < -0.4 is 16.2 Å². The van der Waals surface area contributed by atoms with E-state index in [1.54, 1.807) is 0 Å². The lowest BCUT2D eigenvalue weighted by molar-refractivity contribution is -0.439. The minimum atomic E-state index is -1.35. The highest BCUT2D eigenvalue weighted by atomic mass is 16.5. The fourth-order valence-electron chi connectivity index (χ4n) is 2.34. The van der Waals surface area contributed by atoms with Crippen molar-refractivity contribution in [3.8, 4) is 0 Å². The molecule has 122 valence electrons. The van der Waals surface area contributed by atoms with Crippen molar-refractivity contribution in [2.75, 3.05) is 6.61 Å². The first-order valence-electron chi connectivity index (χ1n) is 6.71. The van der Waals surface area contributed by atoms with E-state index in [2.05, 4.69) is 11.1 Å². The van der Waals surface area contributed by atoms with Crippen molar-refractivity contribution in [3.05, 3.63) is 0 Å². The minimum absolute atomic E-state index is 0.115. The fourth-order valence-corrected chi connectivity index (χ4v) is 2.34. The molecule has 1 fully saturated rings. The van der Waals surface area contributed by atoms with Crippen LogP contribution in [0, 0.1) is 0 Å². The van der Waals surface area contributed by atoms with Gasteiger partial charge in [0.05, 0.1) is 24.7 Å². The lowest BCUT2D eigenvalue weighted by Gasteiger charge is -2.42. The predicted molar refractivity (Wildman–Crippen MR) is 66.3 cm³/mol. The average molecular weight is 306 g/mol. The zero-order valence-electron chi connectivity index (χ0n) is 11.8. The van der Waals surface area contributed by atoms with E-state index in [0.29, 0.717) is 0 Å². The summed E-state index contributed by atoms with van der Waals surface area (Å²) >= 11 is 0. The molecule has 0 radical (unpaired) electrons. The number of hydrogen-bond donors (Lipinski definition) is 5. The number of ether oxygens (including phenoxy) is 1. The number of carboxylic acid groups (broad SMARTS) is 1. The van der Waals surface area contributed by atoms with Gasteiger partial charge in [0.15, 0.2) is 0 Å². The number of rotatable bonds is 6. The van der Waals surface area contributed by atoms with E-state index in [-0.39, 0.29) is 12.8 Å². The van der Waals surface area contributed by atoms with Gasteiger partial charge < -0.3 is 41.0 Å². The summed E-state index contributed by atoms with van der Waals surface area (Å²) in [6, 6.07) is -1.85. The third-order valence-electron chi connectivity index (χ3n) is 3.53. The van der Waals surface area contributed by atoms with Gasteiger partial charge in [0.2, 0.25) is 5.91 Å². The topological polar surface area (TPSA) is 167 Å². The molecule has 1 rings (SSSR count). The molecule has 1 aliphatic heterocycles. The Bertz CT molecular complexity index is 379. The first-order chi connectivity index (χ1) is 9.77. The molecule has 21 heavy (non-hydrogen) atoms. The highest BCUT2D eigenvalue weighted by Gasteiger charge is 2.44. The molecule has 7 N–H and O–H groups in total. The second kappa shape index (κ2) is 7.66. The van der Waals surface area contributed by atoms with Crippen LogP contribution in [0.1, 0.15) is 19.8 Å². The maximum absolute atomic E-state index is 11.2. The summed E-state index contributed by atoms with van der Waals surface area (Å²) in [5.74, 6) is -1.73. The van der Waals surface area contributed by atoms with Crippen LogP contribution in [-0.4, -0.2) is 70.3 Å². The number of amides is 1. The Morgan fingerprint density at radius 1 is 1.33 bits per heavy atom. The summed E-state index contributed by atoms with van der Waals surface area (Å²) in [6.45, 7) is 0.745. The number of aliphatic hydroxyl groups excluding tert-OH is 3. The van der Waals surface area contributed by atoms with Gasteiger partial charge in [0, 0.05) is 13.3 Å². The first-order valence-corrected chi connectivity index (χ1v) is 6.71. The monoisotopic (exact) mass is 306 g/mol. The average Bonchev–Trinajstić information content (AvgIpc) is 2.42. The number of nitrogens with one attached hydrogen (secondary N) is 1. The van der Waals surface area contributed by atoms with Gasteiger partial charge in [-0.3, -0.25) is 4.79 Å². The second-order valence-electron chi connectivity index (χ2n) is 5.20. The van der Waals surface area contributed by atoms with E-state index >= 15 is 0 Å². The molecule has 9 heteroatoms. The number of carbonyl (C=O) groups excluding carboxylic acids is 2. The number of aliphatic hydroxyl groups is 3. The number of quaternary nitrogens is 1. The van der Waals surface area contributed by atoms with Crippen molar-refractivity contribution in [2.24, 2.45) is 0 Å². The van der Waals surface area contributed by atoms with Crippen molar-refractivity contribution in [3.63, 3.8) is 0 Å². The molecule has 1 amide bonds. The Kier molecular flexibility index (Phi) is 6.49. The van der Waals surface area contributed by atoms with Gasteiger partial charge in [-0.25, -0.2) is 0 Å². The molecule has 0 aromatic heterocycles. The summed E-state index contributed by atoms with van der Waals surface area (Å²) in [6.07, 6.45) is -4.12. The number of carbonyl (C=O) groups is 2. The Balaban J connectivity index is 2.78. The zero-order valence-corrected chi connectivity index (χ0v) is 11.8. The molecule has 1 aliphatic rings. The van der Waals surface area contributed by atoms with Gasteiger partial charge in [-0.1, -0.05) is 0 Å². The number of hydrogen-bond acceptors (Lipinski definition) is 7. The predicted octanol–water partition coefficient (Wildman–Crippen LogP) is -4.89. The van der Waals surface area contributed by atoms with Crippen LogP contribution in [-0.2, 0) is 14.3 Å². The second-order valence-corrected chi connectivity index (χ2v) is 5.20. The molecule has 9 nitrogen and oxygen atoms in total. The summed E-state index contributed by atoms with van der Waals surface area (Å²) in [5, 5.41) is 42.1. The molecular weight excluding hydrogens is 284 g/mol. The van der Waals surface area contributed by atoms with Gasteiger partial charge in [-0.2, -0.15) is 0 Å². The molecule has 1 heterocycles. The first kappa shape index (κ1) is 17.8. The smallest absolute Gasteiger partial charge is 0.217 e. The van der Waals surface area contributed by atoms with Crippen molar-refractivity contribution in [1.29, 1.82) is 0 Å². The maximum atomic E-state index is 11.2. The molecule has 1 saturated heterocycles. The van der Waals surface area contributed by atoms with Gasteiger partial charge in [0.1, 0.15) is 24.4 Å². The molecule has 0 bridgehead atoms. The van der Waals surface area contributed by atoms with Crippen molar-refractivity contribution >= 4 is 11.9 Å². The highest BCUT2D eigenvalue weighted by molar-refractivity contribution is 5.73. The normalized spacial score (nSPS) is 34.2. The van der Waals surface area contributed by atoms with Gasteiger partial charge in [-0.15, -0.1) is 0 Å². The van der Waals surface area contributed by atoms with Crippen LogP contribution in [0.3, 0.4) is 0 Å². The SMILES string of the molecule is CC(=O)N[C@@H]1[C@@H](O)[C@H](O)[C@@H](CO)O[C@H]1CC[C@H]([NH3+])C(=O)[O-]. The van der Waals surface area contributed by atoms with Crippen molar-refractivity contribution < 1.29 is 40.5 Å². The van der Waals surface area contributed by atoms with Crippen LogP contribution in [0.25, 0.3) is 0 Å². The minimum Gasteiger partial charge on any atom is -0.544 e. The van der Waals surface area contributed by atoms with Crippen LogP contribution in [0.4, 0.5) is 0 Å². The number of carboxylic acids is 1. The quantitative estimate of drug-likeness (QED) is 0.328. The summed E-state index contributed by atoms with van der Waals surface area (Å²) in [7, 11) is 0. The fraction of sp³-hybridized carbons (Fsp3) is 0.833. The standard InChI is InChI=1S/C12H22N2O7/c1-5(16)14-9-7(3-2-6(13)12(19)20)21-8(4-15)10(17)11(9)18/h6-11,15,17-18H,2-4,13H2,1H3,(H,14,16)(H,19,20)/t6-,7-,8+,9-,10+,11+/m0/s1. The highest BCUT2D eigenvalue weighted by Crippen LogP contribution is 2.24. The molecule has 0 unspecified atom stereocenters.